The lowest BCUT2D eigenvalue weighted by Crippen LogP contribution is -2.06. The summed E-state index contributed by atoms with van der Waals surface area (Å²) >= 11 is 3.12. The Morgan fingerprint density at radius 1 is 1.20 bits per heavy atom. The summed E-state index contributed by atoms with van der Waals surface area (Å²) in [6.45, 7) is 0. The maximum Gasteiger partial charge on any atom is 0.269 e. The van der Waals surface area contributed by atoms with Crippen molar-refractivity contribution in [2.45, 2.75) is 6.42 Å². The topological polar surface area (TPSA) is 60.2 Å². The molecule has 20 heavy (non-hydrogen) atoms. The van der Waals surface area contributed by atoms with E-state index in [-0.39, 0.29) is 23.5 Å². The van der Waals surface area contributed by atoms with Gasteiger partial charge in [-0.1, -0.05) is 28.1 Å². The van der Waals surface area contributed by atoms with Gasteiger partial charge in [-0.2, -0.15) is 0 Å². The van der Waals surface area contributed by atoms with Gasteiger partial charge >= 0.3 is 0 Å². The van der Waals surface area contributed by atoms with E-state index in [0.29, 0.717) is 10.0 Å². The second-order valence-electron chi connectivity index (χ2n) is 4.15. The van der Waals surface area contributed by atoms with Crippen LogP contribution in [0.2, 0.25) is 0 Å². The molecule has 2 rings (SSSR count). The fourth-order valence-electron chi connectivity index (χ4n) is 1.73. The molecule has 0 aliphatic carbocycles. The van der Waals surface area contributed by atoms with Crippen molar-refractivity contribution in [1.29, 1.82) is 0 Å². The summed E-state index contributed by atoms with van der Waals surface area (Å²) in [5, 5.41) is 10.5. The van der Waals surface area contributed by atoms with E-state index < -0.39 is 10.7 Å². The molecule has 0 saturated carbocycles. The van der Waals surface area contributed by atoms with Crippen molar-refractivity contribution in [3.05, 3.63) is 74.0 Å². The van der Waals surface area contributed by atoms with Crippen LogP contribution >= 0.6 is 15.9 Å². The van der Waals surface area contributed by atoms with Crippen molar-refractivity contribution < 1.29 is 14.1 Å². The predicted octanol–water partition coefficient (Wildman–Crippen LogP) is 3.92. The molecular formula is C14H9BrFNO3. The van der Waals surface area contributed by atoms with Crippen LogP contribution in [0.25, 0.3) is 0 Å². The Morgan fingerprint density at radius 2 is 1.85 bits per heavy atom. The Morgan fingerprint density at radius 3 is 2.40 bits per heavy atom. The molecule has 0 aliphatic rings. The molecule has 2 aromatic rings. The number of non-ortho nitro benzene ring substituents is 1. The highest BCUT2D eigenvalue weighted by molar-refractivity contribution is 9.10. The molecule has 6 heteroatoms. The molecule has 0 fully saturated rings. The van der Waals surface area contributed by atoms with Crippen LogP contribution in [0.5, 0.6) is 0 Å². The van der Waals surface area contributed by atoms with Gasteiger partial charge in [0.15, 0.2) is 5.78 Å². The van der Waals surface area contributed by atoms with E-state index in [2.05, 4.69) is 15.9 Å². The van der Waals surface area contributed by atoms with Crippen molar-refractivity contribution in [2.75, 3.05) is 0 Å². The molecule has 0 heterocycles. The van der Waals surface area contributed by atoms with Gasteiger partial charge in [-0.15, -0.1) is 0 Å². The van der Waals surface area contributed by atoms with Crippen molar-refractivity contribution in [1.82, 2.24) is 0 Å². The molecule has 0 bridgehead atoms. The summed E-state index contributed by atoms with van der Waals surface area (Å²) in [6, 6.07) is 9.85. The molecule has 0 spiro atoms. The maximum atomic E-state index is 13.6. The standard InChI is InChI=1S/C14H9BrFNO3/c15-10-3-6-12(13(16)8-10)14(18)7-9-1-4-11(5-2-9)17(19)20/h1-6,8H,7H2. The highest BCUT2D eigenvalue weighted by Gasteiger charge is 2.13. The summed E-state index contributed by atoms with van der Waals surface area (Å²) in [5.74, 6) is -0.963. The second-order valence-corrected chi connectivity index (χ2v) is 5.06. The second kappa shape index (κ2) is 5.92. The van der Waals surface area contributed by atoms with Crippen LogP contribution in [-0.4, -0.2) is 10.7 Å². The first-order valence-corrected chi connectivity index (χ1v) is 6.48. The van der Waals surface area contributed by atoms with Gasteiger partial charge in [-0.05, 0) is 23.8 Å². The van der Waals surface area contributed by atoms with E-state index in [9.17, 15) is 19.3 Å². The molecule has 0 radical (unpaired) electrons. The van der Waals surface area contributed by atoms with Crippen LogP contribution in [0.4, 0.5) is 10.1 Å². The Hall–Kier alpha value is -2.08. The van der Waals surface area contributed by atoms with Gasteiger partial charge in [0, 0.05) is 23.0 Å². The minimum absolute atomic E-state index is 0.00343. The molecule has 0 unspecified atom stereocenters. The SMILES string of the molecule is O=C(Cc1ccc([N+](=O)[O-])cc1)c1ccc(Br)cc1F. The summed E-state index contributed by atoms with van der Waals surface area (Å²) in [4.78, 5) is 22.0. The third kappa shape index (κ3) is 3.27. The smallest absolute Gasteiger partial charge is 0.269 e. The molecule has 102 valence electrons. The van der Waals surface area contributed by atoms with Gasteiger partial charge in [0.25, 0.3) is 5.69 Å². The van der Waals surface area contributed by atoms with E-state index in [0.717, 1.165) is 0 Å². The number of hydrogen-bond donors (Lipinski definition) is 0. The first kappa shape index (κ1) is 14.3. The number of rotatable bonds is 4. The normalized spacial score (nSPS) is 10.3. The number of nitro benzene ring substituents is 1. The fraction of sp³-hybridized carbons (Fsp3) is 0.0714. The summed E-state index contributed by atoms with van der Waals surface area (Å²) in [6.07, 6.45) is -0.00343. The molecule has 0 amide bonds. The third-order valence-electron chi connectivity index (χ3n) is 2.74. The molecule has 2 aromatic carbocycles. The van der Waals surface area contributed by atoms with Crippen molar-refractivity contribution in [2.24, 2.45) is 0 Å². The highest BCUT2D eigenvalue weighted by Crippen LogP contribution is 2.18. The zero-order chi connectivity index (χ0) is 14.7. The van der Waals surface area contributed by atoms with E-state index in [4.69, 9.17) is 0 Å². The molecule has 0 aliphatic heterocycles. The van der Waals surface area contributed by atoms with Gasteiger partial charge in [-0.3, -0.25) is 14.9 Å². The molecule has 0 aromatic heterocycles. The summed E-state index contributed by atoms with van der Waals surface area (Å²) in [5.41, 5.74) is 0.561. The zero-order valence-electron chi connectivity index (χ0n) is 10.2. The van der Waals surface area contributed by atoms with E-state index in [1.807, 2.05) is 0 Å². The van der Waals surface area contributed by atoms with Gasteiger partial charge in [0.2, 0.25) is 0 Å². The molecular weight excluding hydrogens is 329 g/mol. The number of carbonyl (C=O) groups excluding carboxylic acids is 1. The van der Waals surface area contributed by atoms with Crippen molar-refractivity contribution in [3.8, 4) is 0 Å². The summed E-state index contributed by atoms with van der Waals surface area (Å²) in [7, 11) is 0. The number of hydrogen-bond acceptors (Lipinski definition) is 3. The number of benzene rings is 2. The molecule has 0 saturated heterocycles. The fourth-order valence-corrected chi connectivity index (χ4v) is 2.06. The number of Topliss-reactive ketones (excluding diaryl/α,β-unsaturated/α-hetero) is 1. The number of ketones is 1. The molecule has 0 N–H and O–H groups in total. The number of nitro groups is 1. The van der Waals surface area contributed by atoms with Gasteiger partial charge in [0.1, 0.15) is 5.82 Å². The predicted molar refractivity (Wildman–Crippen MR) is 75.2 cm³/mol. The minimum Gasteiger partial charge on any atom is -0.294 e. The van der Waals surface area contributed by atoms with Crippen LogP contribution in [0, 0.1) is 15.9 Å². The van der Waals surface area contributed by atoms with Gasteiger partial charge in [0.05, 0.1) is 10.5 Å². The van der Waals surface area contributed by atoms with Crippen LogP contribution in [0.3, 0.4) is 0 Å². The maximum absolute atomic E-state index is 13.6. The number of nitrogens with zero attached hydrogens (tertiary/aromatic N) is 1. The quantitative estimate of drug-likeness (QED) is 0.482. The lowest BCUT2D eigenvalue weighted by Gasteiger charge is -2.03. The Kier molecular flexibility index (Phi) is 4.24. The van der Waals surface area contributed by atoms with Gasteiger partial charge in [-0.25, -0.2) is 4.39 Å². The van der Waals surface area contributed by atoms with Crippen molar-refractivity contribution >= 4 is 27.4 Å². The Bertz CT molecular complexity index is 671. The first-order valence-electron chi connectivity index (χ1n) is 5.69. The van der Waals surface area contributed by atoms with Crippen LogP contribution < -0.4 is 0 Å². The van der Waals surface area contributed by atoms with E-state index in [1.54, 1.807) is 6.07 Å². The van der Waals surface area contributed by atoms with Crippen LogP contribution in [0.15, 0.2) is 46.9 Å². The van der Waals surface area contributed by atoms with Crippen LogP contribution in [-0.2, 0) is 6.42 Å². The third-order valence-corrected chi connectivity index (χ3v) is 3.24. The monoisotopic (exact) mass is 337 g/mol. The van der Waals surface area contributed by atoms with Gasteiger partial charge < -0.3 is 0 Å². The van der Waals surface area contributed by atoms with Crippen LogP contribution in [0.1, 0.15) is 15.9 Å². The Labute approximate surface area is 122 Å². The molecule has 4 nitrogen and oxygen atoms in total. The summed E-state index contributed by atoms with van der Waals surface area (Å²) < 4.78 is 14.2. The zero-order valence-corrected chi connectivity index (χ0v) is 11.8. The average Bonchev–Trinajstić information content (AvgIpc) is 2.39. The van der Waals surface area contributed by atoms with E-state index in [1.165, 1.54) is 36.4 Å². The highest BCUT2D eigenvalue weighted by atomic mass is 79.9. The van der Waals surface area contributed by atoms with E-state index >= 15 is 0 Å². The lowest BCUT2D eigenvalue weighted by molar-refractivity contribution is -0.384. The minimum atomic E-state index is -0.591. The first-order chi connectivity index (χ1) is 9.47. The number of halogens is 2. The van der Waals surface area contributed by atoms with Crippen molar-refractivity contribution in [3.63, 3.8) is 0 Å². The lowest BCUT2D eigenvalue weighted by atomic mass is 10.0. The average molecular weight is 338 g/mol. The largest absolute Gasteiger partial charge is 0.294 e. The molecule has 0 atom stereocenters. The Balaban J connectivity index is 2.17. The number of carbonyl (C=O) groups is 1.